The third kappa shape index (κ3) is 2.61. The van der Waals surface area contributed by atoms with E-state index in [0.29, 0.717) is 17.8 Å². The Morgan fingerprint density at radius 3 is 2.70 bits per heavy atom. The van der Waals surface area contributed by atoms with Gasteiger partial charge in [0.25, 0.3) is 0 Å². The van der Waals surface area contributed by atoms with Gasteiger partial charge < -0.3 is 16.0 Å². The predicted octanol–water partition coefficient (Wildman–Crippen LogP) is 1.91. The first kappa shape index (κ1) is 14.6. The summed E-state index contributed by atoms with van der Waals surface area (Å²) >= 11 is 0. The Labute approximate surface area is 136 Å². The molecule has 0 radical (unpaired) electrons. The smallest absolute Gasteiger partial charge is 0.226 e. The van der Waals surface area contributed by atoms with Crippen LogP contribution in [0.4, 0.5) is 11.8 Å². The van der Waals surface area contributed by atoms with Crippen LogP contribution in [0.3, 0.4) is 0 Å². The first-order chi connectivity index (χ1) is 11.1. The number of hydrogen-bond donors (Lipinski definition) is 2. The third-order valence-corrected chi connectivity index (χ3v) is 5.23. The van der Waals surface area contributed by atoms with Gasteiger partial charge in [0.1, 0.15) is 5.82 Å². The van der Waals surface area contributed by atoms with Crippen molar-refractivity contribution in [3.05, 3.63) is 16.8 Å². The molecule has 2 aromatic rings. The minimum atomic E-state index is 0.415. The zero-order valence-corrected chi connectivity index (χ0v) is 13.9. The number of piperidine rings is 1. The quantitative estimate of drug-likeness (QED) is 0.882. The highest BCUT2D eigenvalue weighted by molar-refractivity contribution is 5.90. The maximum absolute atomic E-state index is 6.24. The van der Waals surface area contributed by atoms with Gasteiger partial charge in [0.05, 0.1) is 5.39 Å². The Bertz CT molecular complexity index is 749. The standard InChI is InChI=1S/C17H24N6/c1-10-12-4-3-5-13(12)20-16-14(10)15(18)21-17(22-16)19-11-6-8-23(2)9-7-11/h11H,3-9H2,1-2H3,(H3,18,19,20,21,22). The van der Waals surface area contributed by atoms with Crippen LogP contribution in [-0.4, -0.2) is 46.0 Å². The van der Waals surface area contributed by atoms with Gasteiger partial charge in [-0.25, -0.2) is 4.98 Å². The third-order valence-electron chi connectivity index (χ3n) is 5.23. The molecule has 0 amide bonds. The van der Waals surface area contributed by atoms with E-state index in [1.807, 2.05) is 0 Å². The lowest BCUT2D eigenvalue weighted by atomic mass is 10.0. The molecular weight excluding hydrogens is 288 g/mol. The fourth-order valence-corrected chi connectivity index (χ4v) is 3.84. The maximum atomic E-state index is 6.24. The monoisotopic (exact) mass is 312 g/mol. The first-order valence-electron chi connectivity index (χ1n) is 8.52. The topological polar surface area (TPSA) is 80.0 Å². The van der Waals surface area contributed by atoms with Crippen LogP contribution in [0.1, 0.15) is 36.1 Å². The van der Waals surface area contributed by atoms with E-state index < -0.39 is 0 Å². The molecule has 122 valence electrons. The molecule has 0 atom stereocenters. The Morgan fingerprint density at radius 2 is 1.91 bits per heavy atom. The highest BCUT2D eigenvalue weighted by Crippen LogP contribution is 2.31. The molecule has 23 heavy (non-hydrogen) atoms. The number of nitrogen functional groups attached to an aromatic ring is 1. The van der Waals surface area contributed by atoms with Crippen LogP contribution in [0.2, 0.25) is 0 Å². The van der Waals surface area contributed by atoms with Crippen LogP contribution in [-0.2, 0) is 12.8 Å². The summed E-state index contributed by atoms with van der Waals surface area (Å²) < 4.78 is 0. The number of nitrogens with two attached hydrogens (primary N) is 1. The molecule has 6 nitrogen and oxygen atoms in total. The molecule has 0 aromatic carbocycles. The largest absolute Gasteiger partial charge is 0.383 e. The van der Waals surface area contributed by atoms with Crippen molar-refractivity contribution in [1.82, 2.24) is 19.9 Å². The molecule has 3 N–H and O–H groups in total. The van der Waals surface area contributed by atoms with Crippen molar-refractivity contribution < 1.29 is 0 Å². The highest BCUT2D eigenvalue weighted by atomic mass is 15.2. The van der Waals surface area contributed by atoms with E-state index in [-0.39, 0.29) is 0 Å². The molecular formula is C17H24N6. The second-order valence-corrected chi connectivity index (χ2v) is 6.87. The summed E-state index contributed by atoms with van der Waals surface area (Å²) in [6.07, 6.45) is 5.53. The van der Waals surface area contributed by atoms with Crippen molar-refractivity contribution in [3.63, 3.8) is 0 Å². The van der Waals surface area contributed by atoms with Crippen LogP contribution >= 0.6 is 0 Å². The summed E-state index contributed by atoms with van der Waals surface area (Å²) in [5.41, 5.74) is 10.7. The lowest BCUT2D eigenvalue weighted by molar-refractivity contribution is 0.263. The summed E-state index contributed by atoms with van der Waals surface area (Å²) in [7, 11) is 2.16. The minimum absolute atomic E-state index is 0.415. The van der Waals surface area contributed by atoms with Crippen molar-refractivity contribution in [2.24, 2.45) is 0 Å². The van der Waals surface area contributed by atoms with Crippen LogP contribution in [0, 0.1) is 6.92 Å². The summed E-state index contributed by atoms with van der Waals surface area (Å²) in [5, 5.41) is 4.38. The average molecular weight is 312 g/mol. The minimum Gasteiger partial charge on any atom is -0.383 e. The van der Waals surface area contributed by atoms with Gasteiger partial charge in [-0.3, -0.25) is 0 Å². The predicted molar refractivity (Wildman–Crippen MR) is 92.6 cm³/mol. The second kappa shape index (κ2) is 5.60. The van der Waals surface area contributed by atoms with Gasteiger partial charge >= 0.3 is 0 Å². The Morgan fingerprint density at radius 1 is 1.13 bits per heavy atom. The molecule has 3 heterocycles. The van der Waals surface area contributed by atoms with Gasteiger partial charge in [0.15, 0.2) is 5.65 Å². The molecule has 1 saturated heterocycles. The normalized spacial score (nSPS) is 19.2. The molecule has 1 aliphatic heterocycles. The number of pyridine rings is 1. The number of likely N-dealkylation sites (tertiary alicyclic amines) is 1. The van der Waals surface area contributed by atoms with Gasteiger partial charge in [-0.2, -0.15) is 9.97 Å². The molecule has 0 saturated carbocycles. The van der Waals surface area contributed by atoms with Crippen molar-refractivity contribution >= 4 is 22.8 Å². The maximum Gasteiger partial charge on any atom is 0.226 e. The van der Waals surface area contributed by atoms with E-state index in [2.05, 4.69) is 34.2 Å². The lowest BCUT2D eigenvalue weighted by Gasteiger charge is -2.29. The van der Waals surface area contributed by atoms with E-state index >= 15 is 0 Å². The molecule has 1 aliphatic carbocycles. The van der Waals surface area contributed by atoms with Crippen molar-refractivity contribution in [3.8, 4) is 0 Å². The van der Waals surface area contributed by atoms with Crippen molar-refractivity contribution in [2.45, 2.75) is 45.1 Å². The number of hydrogen-bond acceptors (Lipinski definition) is 6. The molecule has 0 unspecified atom stereocenters. The number of aryl methyl sites for hydroxylation is 2. The average Bonchev–Trinajstić information content (AvgIpc) is 2.98. The summed E-state index contributed by atoms with van der Waals surface area (Å²) in [4.78, 5) is 16.3. The van der Waals surface area contributed by atoms with Crippen LogP contribution in [0.15, 0.2) is 0 Å². The summed E-state index contributed by atoms with van der Waals surface area (Å²) in [6.45, 7) is 4.33. The molecule has 6 heteroatoms. The SMILES string of the molecule is Cc1c2c(nc3nc(NC4CCN(C)CC4)nc(N)c13)CCC2. The first-order valence-corrected chi connectivity index (χ1v) is 8.52. The van der Waals surface area contributed by atoms with Gasteiger partial charge in [-0.1, -0.05) is 0 Å². The van der Waals surface area contributed by atoms with Crippen molar-refractivity contribution in [1.29, 1.82) is 0 Å². The number of nitrogens with one attached hydrogen (secondary N) is 1. The highest BCUT2D eigenvalue weighted by Gasteiger charge is 2.21. The Hall–Kier alpha value is -1.95. The molecule has 0 bridgehead atoms. The van der Waals surface area contributed by atoms with Crippen molar-refractivity contribution in [2.75, 3.05) is 31.2 Å². The van der Waals surface area contributed by atoms with E-state index in [1.165, 1.54) is 23.2 Å². The number of fused-ring (bicyclic) bond motifs is 2. The molecule has 2 aliphatic rings. The number of nitrogens with zero attached hydrogens (tertiary/aromatic N) is 4. The molecule has 4 rings (SSSR count). The van der Waals surface area contributed by atoms with E-state index in [4.69, 9.17) is 10.7 Å². The van der Waals surface area contributed by atoms with Crippen LogP contribution in [0.25, 0.3) is 11.0 Å². The number of rotatable bonds is 2. The van der Waals surface area contributed by atoms with Gasteiger partial charge in [0.2, 0.25) is 5.95 Å². The molecule has 1 fully saturated rings. The van der Waals surface area contributed by atoms with E-state index in [0.717, 1.165) is 49.8 Å². The lowest BCUT2D eigenvalue weighted by Crippen LogP contribution is -2.37. The summed E-state index contributed by atoms with van der Waals surface area (Å²) in [5.74, 6) is 1.17. The van der Waals surface area contributed by atoms with Gasteiger partial charge in [-0.15, -0.1) is 0 Å². The van der Waals surface area contributed by atoms with E-state index in [9.17, 15) is 0 Å². The fraction of sp³-hybridized carbons (Fsp3) is 0.588. The van der Waals surface area contributed by atoms with Crippen LogP contribution in [0.5, 0.6) is 0 Å². The molecule has 0 spiro atoms. The van der Waals surface area contributed by atoms with Gasteiger partial charge in [-0.05, 0) is 70.3 Å². The Balaban J connectivity index is 1.68. The zero-order valence-electron chi connectivity index (χ0n) is 13.9. The fourth-order valence-electron chi connectivity index (χ4n) is 3.84. The zero-order chi connectivity index (χ0) is 16.0. The number of anilines is 2. The number of aromatic nitrogens is 3. The second-order valence-electron chi connectivity index (χ2n) is 6.87. The Kier molecular flexibility index (Phi) is 3.56. The van der Waals surface area contributed by atoms with Gasteiger partial charge in [0, 0.05) is 11.7 Å². The van der Waals surface area contributed by atoms with Crippen LogP contribution < -0.4 is 11.1 Å². The molecule has 2 aromatic heterocycles. The summed E-state index contributed by atoms with van der Waals surface area (Å²) in [6, 6.07) is 0.415. The van der Waals surface area contributed by atoms with E-state index in [1.54, 1.807) is 0 Å².